The molecule has 0 heterocycles. The van der Waals surface area contributed by atoms with Crippen molar-refractivity contribution >= 4 is 10.8 Å². The molecule has 0 saturated heterocycles. The van der Waals surface area contributed by atoms with Crippen molar-refractivity contribution < 1.29 is 10.2 Å². The number of benzene rings is 2. The minimum absolute atomic E-state index is 0.267. The first-order chi connectivity index (χ1) is 22.9. The van der Waals surface area contributed by atoms with Gasteiger partial charge in [0.25, 0.3) is 0 Å². The lowest BCUT2D eigenvalue weighted by molar-refractivity contribution is 0.461. The van der Waals surface area contributed by atoms with Crippen LogP contribution in [0.2, 0.25) is 0 Å². The second kappa shape index (κ2) is 22.2. The van der Waals surface area contributed by atoms with E-state index in [1.165, 1.54) is 51.9 Å². The van der Waals surface area contributed by atoms with Gasteiger partial charge in [0.15, 0.2) is 0 Å². The van der Waals surface area contributed by atoms with Gasteiger partial charge in [0, 0.05) is 16.3 Å². The maximum atomic E-state index is 10.9. The van der Waals surface area contributed by atoms with Crippen LogP contribution in [0.25, 0.3) is 10.8 Å². The van der Waals surface area contributed by atoms with Crippen molar-refractivity contribution in [1.29, 1.82) is 0 Å². The summed E-state index contributed by atoms with van der Waals surface area (Å²) in [5, 5.41) is 22.9. The fraction of sp³-hybridized carbons (Fsp3) is 0.478. The number of rotatable bonds is 20. The topological polar surface area (TPSA) is 40.5 Å². The van der Waals surface area contributed by atoms with E-state index in [9.17, 15) is 10.2 Å². The number of phenolic OH excluding ortho intramolecular Hbond substituents is 2. The van der Waals surface area contributed by atoms with Crippen LogP contribution in [-0.4, -0.2) is 10.2 Å². The van der Waals surface area contributed by atoms with Gasteiger partial charge < -0.3 is 10.2 Å². The number of allylic oxidation sites excluding steroid dienone is 14. The summed E-state index contributed by atoms with van der Waals surface area (Å²) in [5.41, 5.74) is 11.8. The molecule has 0 spiro atoms. The third-order valence-electron chi connectivity index (χ3n) is 9.43. The summed E-state index contributed by atoms with van der Waals surface area (Å²) in [6.07, 6.45) is 30.7. The molecule has 0 aliphatic heterocycles. The van der Waals surface area contributed by atoms with E-state index >= 15 is 0 Å². The standard InChI is InChI=1S/C46H66O2/c1-34(2)18-12-19-35(3)20-13-21-36(4)22-14-23-37(5)24-15-25-38(6)26-16-27-39(7)28-17-29-40(8)32-33-42-41(9)45(47)43-30-10-11-31-44(43)46(42)48/h10-11,18,20,22,24,26,28,30-32,47-48H,12-17,19,21,23,25,27,29,33H2,1-9H3. The van der Waals surface area contributed by atoms with Crippen molar-refractivity contribution in [2.24, 2.45) is 0 Å². The predicted molar refractivity (Wildman–Crippen MR) is 213 cm³/mol. The molecule has 0 unspecified atom stereocenters. The van der Waals surface area contributed by atoms with Crippen LogP contribution in [0.15, 0.2) is 106 Å². The summed E-state index contributed by atoms with van der Waals surface area (Å²) in [6.45, 7) is 19.7. The molecular weight excluding hydrogens is 585 g/mol. The number of phenols is 2. The average Bonchev–Trinajstić information content (AvgIpc) is 3.03. The van der Waals surface area contributed by atoms with Crippen molar-refractivity contribution in [3.8, 4) is 11.5 Å². The number of hydrogen-bond acceptors (Lipinski definition) is 2. The summed E-state index contributed by atoms with van der Waals surface area (Å²) in [4.78, 5) is 0. The van der Waals surface area contributed by atoms with Crippen LogP contribution >= 0.6 is 0 Å². The van der Waals surface area contributed by atoms with E-state index in [1.54, 1.807) is 0 Å². The van der Waals surface area contributed by atoms with Crippen molar-refractivity contribution in [1.82, 2.24) is 0 Å². The first-order valence-corrected chi connectivity index (χ1v) is 18.4. The molecule has 0 atom stereocenters. The number of hydrogen-bond donors (Lipinski definition) is 2. The van der Waals surface area contributed by atoms with E-state index in [1.807, 2.05) is 31.2 Å². The Morgan fingerprint density at radius 2 is 0.771 bits per heavy atom. The lowest BCUT2D eigenvalue weighted by Gasteiger charge is -2.13. The quantitative estimate of drug-likeness (QED) is 0.111. The molecule has 2 aromatic carbocycles. The predicted octanol–water partition coefficient (Wildman–Crippen LogP) is 14.4. The van der Waals surface area contributed by atoms with E-state index in [2.05, 4.69) is 97.9 Å². The highest BCUT2D eigenvalue weighted by Gasteiger charge is 2.14. The Balaban J connectivity index is 1.67. The summed E-state index contributed by atoms with van der Waals surface area (Å²) in [6, 6.07) is 7.49. The summed E-state index contributed by atoms with van der Waals surface area (Å²) < 4.78 is 0. The second-order valence-corrected chi connectivity index (χ2v) is 14.4. The number of fused-ring (bicyclic) bond motifs is 1. The summed E-state index contributed by atoms with van der Waals surface area (Å²) in [7, 11) is 0. The van der Waals surface area contributed by atoms with Gasteiger partial charge in [-0.25, -0.2) is 0 Å². The minimum atomic E-state index is 0.267. The van der Waals surface area contributed by atoms with E-state index < -0.39 is 0 Å². The van der Waals surface area contributed by atoms with E-state index in [0.29, 0.717) is 17.2 Å². The minimum Gasteiger partial charge on any atom is -0.507 e. The Labute approximate surface area is 294 Å². The monoisotopic (exact) mass is 651 g/mol. The van der Waals surface area contributed by atoms with E-state index in [0.717, 1.165) is 75.3 Å². The van der Waals surface area contributed by atoms with Crippen LogP contribution in [0.1, 0.15) is 144 Å². The van der Waals surface area contributed by atoms with Gasteiger partial charge in [-0.2, -0.15) is 0 Å². The van der Waals surface area contributed by atoms with Crippen LogP contribution < -0.4 is 0 Å². The molecule has 2 N–H and O–H groups in total. The van der Waals surface area contributed by atoms with Crippen molar-refractivity contribution in [3.63, 3.8) is 0 Å². The molecule has 0 saturated carbocycles. The highest BCUT2D eigenvalue weighted by atomic mass is 16.3. The van der Waals surface area contributed by atoms with Crippen LogP contribution in [0.5, 0.6) is 11.5 Å². The van der Waals surface area contributed by atoms with E-state index in [-0.39, 0.29) is 11.5 Å². The maximum absolute atomic E-state index is 10.9. The molecule has 0 aliphatic carbocycles. The molecule has 2 heteroatoms. The zero-order chi connectivity index (χ0) is 35.5. The molecule has 262 valence electrons. The van der Waals surface area contributed by atoms with Crippen LogP contribution in [-0.2, 0) is 6.42 Å². The molecule has 0 aromatic heterocycles. The Morgan fingerprint density at radius 1 is 0.458 bits per heavy atom. The van der Waals surface area contributed by atoms with Gasteiger partial charge in [-0.15, -0.1) is 0 Å². The lowest BCUT2D eigenvalue weighted by Crippen LogP contribution is -1.92. The van der Waals surface area contributed by atoms with Crippen molar-refractivity contribution in [2.75, 3.05) is 0 Å². The van der Waals surface area contributed by atoms with Crippen LogP contribution in [0.4, 0.5) is 0 Å². The molecule has 48 heavy (non-hydrogen) atoms. The van der Waals surface area contributed by atoms with Crippen LogP contribution in [0, 0.1) is 6.92 Å². The molecule has 0 bridgehead atoms. The lowest BCUT2D eigenvalue weighted by atomic mass is 9.95. The SMILES string of the molecule is CC(C)=CCCC(C)=CCCC(C)=CCCC(C)=CCCC(C)=CCCC(C)=CCCC(C)=CCc1c(C)c(O)c2ccccc2c1O. The molecule has 0 aliphatic rings. The second-order valence-electron chi connectivity index (χ2n) is 14.4. The maximum Gasteiger partial charge on any atom is 0.127 e. The fourth-order valence-electron chi connectivity index (χ4n) is 6.04. The molecule has 2 nitrogen and oxygen atoms in total. The smallest absolute Gasteiger partial charge is 0.127 e. The number of aromatic hydroxyl groups is 2. The highest BCUT2D eigenvalue weighted by molar-refractivity contribution is 5.95. The Hall–Kier alpha value is -3.52. The Kier molecular flexibility index (Phi) is 18.8. The largest absolute Gasteiger partial charge is 0.507 e. The molecule has 0 radical (unpaired) electrons. The normalized spacial score (nSPS) is 13.9. The third kappa shape index (κ3) is 15.6. The highest BCUT2D eigenvalue weighted by Crippen LogP contribution is 2.39. The van der Waals surface area contributed by atoms with Gasteiger partial charge in [-0.05, 0) is 151 Å². The van der Waals surface area contributed by atoms with Gasteiger partial charge in [0.05, 0.1) is 0 Å². The zero-order valence-electron chi connectivity index (χ0n) is 31.9. The first kappa shape index (κ1) is 40.7. The zero-order valence-corrected chi connectivity index (χ0v) is 31.9. The fourth-order valence-corrected chi connectivity index (χ4v) is 6.04. The average molecular weight is 651 g/mol. The van der Waals surface area contributed by atoms with Gasteiger partial charge in [-0.3, -0.25) is 0 Å². The van der Waals surface area contributed by atoms with Gasteiger partial charge in [0.2, 0.25) is 0 Å². The first-order valence-electron chi connectivity index (χ1n) is 18.4. The van der Waals surface area contributed by atoms with Gasteiger partial charge in [-0.1, -0.05) is 106 Å². The molecule has 0 fully saturated rings. The molecule has 2 rings (SSSR count). The van der Waals surface area contributed by atoms with E-state index in [4.69, 9.17) is 0 Å². The molecule has 2 aromatic rings. The summed E-state index contributed by atoms with van der Waals surface area (Å²) >= 11 is 0. The Morgan fingerprint density at radius 3 is 1.12 bits per heavy atom. The van der Waals surface area contributed by atoms with Crippen molar-refractivity contribution in [2.45, 2.75) is 146 Å². The molecular formula is C46H66O2. The third-order valence-corrected chi connectivity index (χ3v) is 9.43. The van der Waals surface area contributed by atoms with Gasteiger partial charge in [0.1, 0.15) is 11.5 Å². The van der Waals surface area contributed by atoms with Crippen molar-refractivity contribution in [3.05, 3.63) is 117 Å². The van der Waals surface area contributed by atoms with Gasteiger partial charge >= 0.3 is 0 Å². The van der Waals surface area contributed by atoms with Crippen LogP contribution in [0.3, 0.4) is 0 Å². The Bertz CT molecular complexity index is 1530. The molecule has 0 amide bonds. The summed E-state index contributed by atoms with van der Waals surface area (Å²) in [5.74, 6) is 0.549.